The summed E-state index contributed by atoms with van der Waals surface area (Å²) >= 11 is 0. The molecule has 3 rings (SSSR count). The normalized spacial score (nSPS) is 16.4. The number of aryl methyl sites for hydroxylation is 1. The Kier molecular flexibility index (Phi) is 8.99. The average Bonchev–Trinajstić information content (AvgIpc) is 2.75. The molecular formula is C24H26N3NaO5. The standard InChI is InChI=1S/C24H25N3O5.Na.H/c1-14-7-4-5-10-18(14)16-8-6-9-17(11-16)19(12-20(28)29)25-24(32)26-21-22(30)15(2)13-27(3)23(21)31;;/h4-11,13,19,21H,12H2,1-3H3,(H,28,29)(H2,25,26,32);;. The first-order valence-corrected chi connectivity index (χ1v) is 10.1. The topological polar surface area (TPSA) is 116 Å². The zero-order valence-corrected chi connectivity index (χ0v) is 18.1. The van der Waals surface area contributed by atoms with Gasteiger partial charge in [-0.15, -0.1) is 0 Å². The molecule has 0 saturated heterocycles. The second kappa shape index (κ2) is 11.3. The van der Waals surface area contributed by atoms with Crippen molar-refractivity contribution in [2.45, 2.75) is 32.4 Å². The van der Waals surface area contributed by atoms with Crippen molar-refractivity contribution >= 4 is 53.2 Å². The van der Waals surface area contributed by atoms with Crippen LogP contribution in [0.4, 0.5) is 4.79 Å². The average molecular weight is 459 g/mol. The van der Waals surface area contributed by atoms with Gasteiger partial charge in [0.05, 0.1) is 12.5 Å². The van der Waals surface area contributed by atoms with E-state index in [1.54, 1.807) is 19.1 Å². The van der Waals surface area contributed by atoms with Crippen LogP contribution in [0.3, 0.4) is 0 Å². The summed E-state index contributed by atoms with van der Waals surface area (Å²) in [5, 5.41) is 14.4. The molecule has 2 atom stereocenters. The Morgan fingerprint density at radius 3 is 2.45 bits per heavy atom. The summed E-state index contributed by atoms with van der Waals surface area (Å²) in [6.07, 6.45) is 1.04. The number of amides is 3. The van der Waals surface area contributed by atoms with Crippen LogP contribution < -0.4 is 10.6 Å². The SMILES string of the molecule is CC1=CN(C)C(=O)C(NC(=O)NC(CC(=O)O)c2cccc(-c3ccccc3C)c2)C1=O.[NaH]. The van der Waals surface area contributed by atoms with Gasteiger partial charge in [0.1, 0.15) is 0 Å². The number of hydrogen-bond acceptors (Lipinski definition) is 4. The molecule has 0 aliphatic carbocycles. The summed E-state index contributed by atoms with van der Waals surface area (Å²) in [6, 6.07) is 12.0. The van der Waals surface area contributed by atoms with Crippen molar-refractivity contribution in [3.63, 3.8) is 0 Å². The maximum atomic E-state index is 12.6. The summed E-state index contributed by atoms with van der Waals surface area (Å²) in [5.41, 5.74) is 3.88. The third-order valence-electron chi connectivity index (χ3n) is 5.34. The predicted molar refractivity (Wildman–Crippen MR) is 126 cm³/mol. The van der Waals surface area contributed by atoms with Crippen LogP contribution in [0.5, 0.6) is 0 Å². The van der Waals surface area contributed by atoms with Gasteiger partial charge in [-0.05, 0) is 42.2 Å². The zero-order chi connectivity index (χ0) is 23.4. The van der Waals surface area contributed by atoms with E-state index in [0.717, 1.165) is 16.7 Å². The maximum absolute atomic E-state index is 12.6. The van der Waals surface area contributed by atoms with Gasteiger partial charge < -0.3 is 20.6 Å². The fourth-order valence-electron chi connectivity index (χ4n) is 3.67. The third kappa shape index (κ3) is 6.31. The molecule has 0 aromatic heterocycles. The van der Waals surface area contributed by atoms with Gasteiger partial charge in [0.25, 0.3) is 5.91 Å². The summed E-state index contributed by atoms with van der Waals surface area (Å²) < 4.78 is 0. The number of likely N-dealkylation sites (N-methyl/N-ethyl adjacent to an activating group) is 1. The number of benzene rings is 2. The van der Waals surface area contributed by atoms with Crippen LogP contribution in [0.15, 0.2) is 60.3 Å². The van der Waals surface area contributed by atoms with Crippen molar-refractivity contribution < 1.29 is 24.3 Å². The summed E-state index contributed by atoms with van der Waals surface area (Å²) in [6.45, 7) is 3.54. The van der Waals surface area contributed by atoms with Crippen molar-refractivity contribution in [3.8, 4) is 11.1 Å². The molecule has 0 saturated carbocycles. The predicted octanol–water partition coefficient (Wildman–Crippen LogP) is 2.14. The second-order valence-corrected chi connectivity index (χ2v) is 7.77. The summed E-state index contributed by atoms with van der Waals surface area (Å²) in [7, 11) is 1.50. The van der Waals surface area contributed by atoms with Crippen LogP contribution in [-0.2, 0) is 14.4 Å². The Morgan fingerprint density at radius 2 is 1.79 bits per heavy atom. The molecule has 0 bridgehead atoms. The molecule has 1 heterocycles. The fourth-order valence-corrected chi connectivity index (χ4v) is 3.67. The van der Waals surface area contributed by atoms with Crippen molar-refractivity contribution in [1.82, 2.24) is 15.5 Å². The number of hydrogen-bond donors (Lipinski definition) is 3. The second-order valence-electron chi connectivity index (χ2n) is 7.77. The number of nitrogens with one attached hydrogen (secondary N) is 2. The van der Waals surface area contributed by atoms with E-state index in [4.69, 9.17) is 0 Å². The van der Waals surface area contributed by atoms with Gasteiger partial charge in [0.2, 0.25) is 0 Å². The van der Waals surface area contributed by atoms with E-state index in [9.17, 15) is 24.3 Å². The zero-order valence-electron chi connectivity index (χ0n) is 18.1. The molecule has 0 spiro atoms. The Bertz CT molecular complexity index is 1110. The number of ketones is 1. The first-order valence-electron chi connectivity index (χ1n) is 10.1. The Morgan fingerprint density at radius 1 is 1.09 bits per heavy atom. The quantitative estimate of drug-likeness (QED) is 0.452. The van der Waals surface area contributed by atoms with Crippen LogP contribution in [0.1, 0.15) is 30.5 Å². The molecular weight excluding hydrogens is 433 g/mol. The van der Waals surface area contributed by atoms with E-state index in [1.165, 1.54) is 18.1 Å². The van der Waals surface area contributed by atoms with Crippen LogP contribution in [0.2, 0.25) is 0 Å². The third-order valence-corrected chi connectivity index (χ3v) is 5.34. The van der Waals surface area contributed by atoms with Gasteiger partial charge in [0, 0.05) is 18.8 Å². The van der Waals surface area contributed by atoms with Crippen molar-refractivity contribution in [3.05, 3.63) is 71.4 Å². The van der Waals surface area contributed by atoms with Gasteiger partial charge in [0.15, 0.2) is 11.8 Å². The molecule has 1 aliphatic rings. The number of aliphatic carboxylic acids is 1. The Hall–Kier alpha value is -2.94. The minimum atomic E-state index is -1.35. The minimum absolute atomic E-state index is 0. The molecule has 0 radical (unpaired) electrons. The van der Waals surface area contributed by atoms with Crippen LogP contribution >= 0.6 is 0 Å². The van der Waals surface area contributed by atoms with E-state index >= 15 is 0 Å². The van der Waals surface area contributed by atoms with Gasteiger partial charge in [-0.3, -0.25) is 14.4 Å². The first-order chi connectivity index (χ1) is 15.2. The van der Waals surface area contributed by atoms with Crippen molar-refractivity contribution in [2.75, 3.05) is 7.05 Å². The molecule has 3 N–H and O–H groups in total. The molecule has 1 aliphatic heterocycles. The van der Waals surface area contributed by atoms with Crippen molar-refractivity contribution in [2.24, 2.45) is 0 Å². The van der Waals surface area contributed by atoms with Crippen molar-refractivity contribution in [1.29, 1.82) is 0 Å². The van der Waals surface area contributed by atoms with Crippen LogP contribution in [0.25, 0.3) is 11.1 Å². The van der Waals surface area contributed by atoms with Gasteiger partial charge in [-0.1, -0.05) is 42.5 Å². The van der Waals surface area contributed by atoms with Gasteiger partial charge >= 0.3 is 41.6 Å². The molecule has 8 nitrogen and oxygen atoms in total. The number of rotatable bonds is 6. The molecule has 2 aromatic carbocycles. The summed E-state index contributed by atoms with van der Waals surface area (Å²) in [5.74, 6) is -2.16. The van der Waals surface area contributed by atoms with Crippen LogP contribution in [-0.4, -0.2) is 76.3 Å². The number of carboxylic acid groups (broad SMARTS) is 1. The van der Waals surface area contributed by atoms with E-state index in [-0.39, 0.29) is 36.0 Å². The molecule has 2 unspecified atom stereocenters. The first kappa shape index (κ1) is 26.3. The molecule has 0 fully saturated rings. The molecule has 168 valence electrons. The van der Waals surface area contributed by atoms with E-state index < -0.39 is 35.8 Å². The number of urea groups is 1. The number of Topliss-reactive ketones (excluding diaryl/α,β-unsaturated/α-hetero) is 1. The number of nitrogens with zero attached hydrogens (tertiary/aromatic N) is 1. The summed E-state index contributed by atoms with van der Waals surface area (Å²) in [4.78, 5) is 50.0. The van der Waals surface area contributed by atoms with E-state index in [1.807, 2.05) is 43.3 Å². The number of carboxylic acids is 1. The number of carbonyl (C=O) groups excluding carboxylic acids is 3. The Labute approximate surface area is 214 Å². The van der Waals surface area contributed by atoms with Gasteiger partial charge in [-0.25, -0.2) is 4.79 Å². The monoisotopic (exact) mass is 459 g/mol. The van der Waals surface area contributed by atoms with E-state index in [0.29, 0.717) is 11.1 Å². The molecule has 2 aromatic rings. The molecule has 33 heavy (non-hydrogen) atoms. The van der Waals surface area contributed by atoms with Gasteiger partial charge in [-0.2, -0.15) is 0 Å². The molecule has 9 heteroatoms. The molecule has 3 amide bonds. The van der Waals surface area contributed by atoms with Crippen LogP contribution in [0, 0.1) is 6.92 Å². The van der Waals surface area contributed by atoms with E-state index in [2.05, 4.69) is 10.6 Å². The Balaban J connectivity index is 0.00000385. The number of carbonyl (C=O) groups is 4. The fraction of sp³-hybridized carbons (Fsp3) is 0.250.